The third-order valence-corrected chi connectivity index (χ3v) is 8.41. The predicted molar refractivity (Wildman–Crippen MR) is 170 cm³/mol. The van der Waals surface area contributed by atoms with Crippen molar-refractivity contribution in [3.05, 3.63) is 0 Å². The van der Waals surface area contributed by atoms with Crippen LogP contribution in [0.1, 0.15) is 212 Å². The van der Waals surface area contributed by atoms with Gasteiger partial charge in [0.25, 0.3) is 0 Å². The third-order valence-electron chi connectivity index (χ3n) is 8.41. The summed E-state index contributed by atoms with van der Waals surface area (Å²) in [5.74, 6) is 0. The van der Waals surface area contributed by atoms with Crippen molar-refractivity contribution >= 4 is 0 Å². The van der Waals surface area contributed by atoms with E-state index in [1.165, 1.54) is 212 Å². The molecular formula is C35H74N2. The summed E-state index contributed by atoms with van der Waals surface area (Å²) in [6.45, 7) is 1.75. The number of nitrogens with two attached hydrogens (primary N) is 2. The molecule has 2 nitrogen and oxygen atoms in total. The average Bonchev–Trinajstić information content (AvgIpc) is 2.91. The molecule has 0 aliphatic rings. The van der Waals surface area contributed by atoms with Crippen LogP contribution in [0, 0.1) is 0 Å². The Labute approximate surface area is 236 Å². The van der Waals surface area contributed by atoms with Crippen LogP contribution in [0.3, 0.4) is 0 Å². The van der Waals surface area contributed by atoms with Gasteiger partial charge in [-0.2, -0.15) is 0 Å². The quantitative estimate of drug-likeness (QED) is 0.0825. The van der Waals surface area contributed by atoms with Crippen LogP contribution in [-0.2, 0) is 0 Å². The summed E-state index contributed by atoms with van der Waals surface area (Å²) >= 11 is 0. The molecule has 0 bridgehead atoms. The highest BCUT2D eigenvalue weighted by molar-refractivity contribution is 4.53. The van der Waals surface area contributed by atoms with E-state index in [0.717, 1.165) is 13.1 Å². The van der Waals surface area contributed by atoms with Gasteiger partial charge in [-0.1, -0.05) is 199 Å². The summed E-state index contributed by atoms with van der Waals surface area (Å²) in [5, 5.41) is 0. The normalized spacial score (nSPS) is 11.5. The molecule has 0 saturated carbocycles. The molecule has 4 N–H and O–H groups in total. The molecule has 2 heteroatoms. The molecule has 0 radical (unpaired) electrons. The lowest BCUT2D eigenvalue weighted by atomic mass is 10.0. The second-order valence-corrected chi connectivity index (χ2v) is 12.2. The second-order valence-electron chi connectivity index (χ2n) is 12.2. The maximum atomic E-state index is 5.54. The fourth-order valence-electron chi connectivity index (χ4n) is 5.77. The van der Waals surface area contributed by atoms with E-state index in [4.69, 9.17) is 11.5 Å². The van der Waals surface area contributed by atoms with Crippen molar-refractivity contribution in [2.75, 3.05) is 13.1 Å². The van der Waals surface area contributed by atoms with Crippen molar-refractivity contribution in [1.29, 1.82) is 0 Å². The van der Waals surface area contributed by atoms with Crippen molar-refractivity contribution in [2.45, 2.75) is 212 Å². The first-order valence-electron chi connectivity index (χ1n) is 17.8. The lowest BCUT2D eigenvalue weighted by molar-refractivity contribution is 0.511. The summed E-state index contributed by atoms with van der Waals surface area (Å²) in [7, 11) is 0. The van der Waals surface area contributed by atoms with Gasteiger partial charge in [0.2, 0.25) is 0 Å². The van der Waals surface area contributed by atoms with Crippen LogP contribution in [0.25, 0.3) is 0 Å². The molecule has 0 unspecified atom stereocenters. The molecular weight excluding hydrogens is 448 g/mol. The van der Waals surface area contributed by atoms with E-state index in [1.54, 1.807) is 0 Å². The van der Waals surface area contributed by atoms with E-state index in [2.05, 4.69) is 0 Å². The maximum Gasteiger partial charge on any atom is -0.00773 e. The summed E-state index contributed by atoms with van der Waals surface area (Å²) in [6, 6.07) is 0. The summed E-state index contributed by atoms with van der Waals surface area (Å²) < 4.78 is 0. The molecule has 0 aromatic carbocycles. The highest BCUT2D eigenvalue weighted by Gasteiger charge is 1.97. The van der Waals surface area contributed by atoms with E-state index in [-0.39, 0.29) is 0 Å². The molecule has 0 spiro atoms. The first-order valence-corrected chi connectivity index (χ1v) is 17.8. The van der Waals surface area contributed by atoms with Crippen LogP contribution in [-0.4, -0.2) is 13.1 Å². The third kappa shape index (κ3) is 35.9. The van der Waals surface area contributed by atoms with Crippen LogP contribution in [0.5, 0.6) is 0 Å². The Kier molecular flexibility index (Phi) is 35.8. The van der Waals surface area contributed by atoms with Gasteiger partial charge in [0.05, 0.1) is 0 Å². The van der Waals surface area contributed by atoms with Gasteiger partial charge in [-0.25, -0.2) is 0 Å². The molecule has 0 saturated heterocycles. The summed E-state index contributed by atoms with van der Waals surface area (Å²) in [5.41, 5.74) is 11.1. The lowest BCUT2D eigenvalue weighted by Crippen LogP contribution is -1.97. The van der Waals surface area contributed by atoms with Crippen LogP contribution in [0.2, 0.25) is 0 Å². The van der Waals surface area contributed by atoms with Crippen molar-refractivity contribution in [2.24, 2.45) is 11.5 Å². The van der Waals surface area contributed by atoms with Gasteiger partial charge in [0.15, 0.2) is 0 Å². The topological polar surface area (TPSA) is 52.0 Å². The van der Waals surface area contributed by atoms with Crippen molar-refractivity contribution in [3.8, 4) is 0 Å². The molecule has 224 valence electrons. The second kappa shape index (κ2) is 35.9. The molecule has 0 amide bonds. The number of hydrogen-bond acceptors (Lipinski definition) is 2. The minimum absolute atomic E-state index is 0.873. The zero-order valence-electron chi connectivity index (χ0n) is 25.9. The molecule has 0 atom stereocenters. The molecule has 0 aromatic rings. The van der Waals surface area contributed by atoms with Crippen LogP contribution >= 0.6 is 0 Å². The fraction of sp³-hybridized carbons (Fsp3) is 1.00. The van der Waals surface area contributed by atoms with Crippen molar-refractivity contribution < 1.29 is 0 Å². The van der Waals surface area contributed by atoms with E-state index in [0.29, 0.717) is 0 Å². The van der Waals surface area contributed by atoms with E-state index in [9.17, 15) is 0 Å². The Balaban J connectivity index is 3.00. The summed E-state index contributed by atoms with van der Waals surface area (Å²) in [4.78, 5) is 0. The minimum atomic E-state index is 0.873. The number of unbranched alkanes of at least 4 members (excludes halogenated alkanes) is 32. The molecule has 37 heavy (non-hydrogen) atoms. The van der Waals surface area contributed by atoms with E-state index in [1.807, 2.05) is 0 Å². The minimum Gasteiger partial charge on any atom is -0.330 e. The molecule has 0 rings (SSSR count). The molecule has 0 heterocycles. The van der Waals surface area contributed by atoms with Gasteiger partial charge < -0.3 is 11.5 Å². The SMILES string of the molecule is NCCCCCCCCCCCCCCCCCCCCCCCCCCCCCCCCCCCN. The van der Waals surface area contributed by atoms with Gasteiger partial charge in [0.1, 0.15) is 0 Å². The van der Waals surface area contributed by atoms with Crippen LogP contribution < -0.4 is 11.5 Å². The van der Waals surface area contributed by atoms with E-state index >= 15 is 0 Å². The zero-order valence-corrected chi connectivity index (χ0v) is 25.9. The Hall–Kier alpha value is -0.0800. The molecule has 0 aliphatic carbocycles. The van der Waals surface area contributed by atoms with Gasteiger partial charge in [-0.15, -0.1) is 0 Å². The van der Waals surface area contributed by atoms with Gasteiger partial charge in [-0.3, -0.25) is 0 Å². The number of hydrogen-bond donors (Lipinski definition) is 2. The average molecular weight is 523 g/mol. The standard InChI is InChI=1S/C35H74N2/c36-34-32-30-28-26-24-22-20-18-16-14-12-10-8-6-4-2-1-3-5-7-9-11-13-15-17-19-21-23-25-27-29-31-33-35-37/h1-37H2. The van der Waals surface area contributed by atoms with Crippen LogP contribution in [0.15, 0.2) is 0 Å². The Bertz CT molecular complexity index is 336. The number of rotatable bonds is 34. The lowest BCUT2D eigenvalue weighted by Gasteiger charge is -2.05. The van der Waals surface area contributed by atoms with Gasteiger partial charge >= 0.3 is 0 Å². The first kappa shape index (κ1) is 36.9. The van der Waals surface area contributed by atoms with Crippen molar-refractivity contribution in [3.63, 3.8) is 0 Å². The maximum absolute atomic E-state index is 5.54. The predicted octanol–water partition coefficient (Wildman–Crippen LogP) is 11.8. The van der Waals surface area contributed by atoms with Gasteiger partial charge in [-0.05, 0) is 25.9 Å². The van der Waals surface area contributed by atoms with Crippen LogP contribution in [0.4, 0.5) is 0 Å². The fourth-order valence-corrected chi connectivity index (χ4v) is 5.77. The monoisotopic (exact) mass is 523 g/mol. The molecule has 0 fully saturated rings. The highest BCUT2D eigenvalue weighted by atomic mass is 14.5. The molecule has 0 aliphatic heterocycles. The first-order chi connectivity index (χ1) is 18.4. The Morgan fingerprint density at radius 2 is 0.216 bits per heavy atom. The Morgan fingerprint density at radius 3 is 0.297 bits per heavy atom. The van der Waals surface area contributed by atoms with Crippen molar-refractivity contribution in [1.82, 2.24) is 0 Å². The largest absolute Gasteiger partial charge is 0.330 e. The smallest absolute Gasteiger partial charge is 0.00773 e. The Morgan fingerprint density at radius 1 is 0.135 bits per heavy atom. The highest BCUT2D eigenvalue weighted by Crippen LogP contribution is 2.16. The van der Waals surface area contributed by atoms with Gasteiger partial charge in [0, 0.05) is 0 Å². The van der Waals surface area contributed by atoms with E-state index < -0.39 is 0 Å². The zero-order chi connectivity index (χ0) is 26.7. The summed E-state index contributed by atoms with van der Waals surface area (Å²) in [6.07, 6.45) is 47.7. The molecule has 0 aromatic heterocycles.